The quantitative estimate of drug-likeness (QED) is 0.628. The van der Waals surface area contributed by atoms with Gasteiger partial charge in [0.25, 0.3) is 11.1 Å². The summed E-state index contributed by atoms with van der Waals surface area (Å²) in [6.45, 7) is 3.46. The summed E-state index contributed by atoms with van der Waals surface area (Å²) in [5.74, 6) is 0.760. The number of nitrogens with one attached hydrogen (secondary N) is 1. The van der Waals surface area contributed by atoms with E-state index in [1.807, 2.05) is 30.3 Å². The molecule has 2 saturated heterocycles. The first-order chi connectivity index (χ1) is 15.0. The third-order valence-electron chi connectivity index (χ3n) is 5.04. The molecule has 162 valence electrons. The molecule has 0 atom stereocenters. The van der Waals surface area contributed by atoms with E-state index in [-0.39, 0.29) is 6.61 Å². The Labute approximate surface area is 184 Å². The van der Waals surface area contributed by atoms with Crippen LogP contribution >= 0.6 is 11.8 Å². The van der Waals surface area contributed by atoms with Crippen molar-refractivity contribution >= 4 is 46.4 Å². The number of amides is 2. The van der Waals surface area contributed by atoms with Crippen LogP contribution in [0, 0.1) is 0 Å². The highest BCUT2D eigenvalue weighted by atomic mass is 32.2. The van der Waals surface area contributed by atoms with Crippen LogP contribution in [0.15, 0.2) is 35.5 Å². The molecule has 0 spiro atoms. The number of aliphatic hydroxyl groups is 1. The van der Waals surface area contributed by atoms with Crippen molar-refractivity contribution in [2.75, 3.05) is 61.1 Å². The van der Waals surface area contributed by atoms with Gasteiger partial charge in [-0.2, -0.15) is 4.98 Å². The molecule has 2 amide bonds. The van der Waals surface area contributed by atoms with Crippen molar-refractivity contribution in [3.63, 3.8) is 0 Å². The monoisotopic (exact) mass is 441 g/mol. The highest BCUT2D eigenvalue weighted by Crippen LogP contribution is 2.27. The molecule has 0 aromatic carbocycles. The Morgan fingerprint density at radius 1 is 1.23 bits per heavy atom. The van der Waals surface area contributed by atoms with Gasteiger partial charge in [-0.25, -0.2) is 4.98 Å². The molecule has 2 fully saturated rings. The number of thioether (sulfide) groups is 1. The number of carbonyl (C=O) groups is 2. The Morgan fingerprint density at radius 3 is 2.65 bits per heavy atom. The van der Waals surface area contributed by atoms with E-state index in [1.54, 1.807) is 18.3 Å². The molecule has 0 radical (unpaired) electrons. The molecule has 0 aliphatic carbocycles. The number of aliphatic hydroxyl groups excluding tert-OH is 1. The van der Waals surface area contributed by atoms with Crippen LogP contribution in [-0.4, -0.2) is 77.6 Å². The van der Waals surface area contributed by atoms with Gasteiger partial charge in [-0.15, -0.1) is 0 Å². The van der Waals surface area contributed by atoms with Crippen LogP contribution in [0.25, 0.3) is 6.08 Å². The number of anilines is 3. The van der Waals surface area contributed by atoms with Crippen LogP contribution in [0.5, 0.6) is 0 Å². The van der Waals surface area contributed by atoms with E-state index in [1.165, 1.54) is 0 Å². The largest absolute Gasteiger partial charge is 0.395 e. The fraction of sp³-hybridized carbons (Fsp3) is 0.350. The Morgan fingerprint density at radius 2 is 2.00 bits per heavy atom. The lowest BCUT2D eigenvalue weighted by molar-refractivity contribution is -0.115. The van der Waals surface area contributed by atoms with Crippen LogP contribution in [0.2, 0.25) is 0 Å². The minimum atomic E-state index is -0.425. The van der Waals surface area contributed by atoms with Gasteiger partial charge in [-0.1, -0.05) is 0 Å². The molecule has 10 nitrogen and oxygen atoms in total. The second kappa shape index (κ2) is 9.31. The van der Waals surface area contributed by atoms with Gasteiger partial charge < -0.3 is 19.8 Å². The van der Waals surface area contributed by atoms with Gasteiger partial charge in [0.2, 0.25) is 5.95 Å². The zero-order chi connectivity index (χ0) is 21.8. The number of piperazine rings is 1. The van der Waals surface area contributed by atoms with Crippen molar-refractivity contribution in [2.45, 2.75) is 0 Å². The van der Waals surface area contributed by atoms with Crippen LogP contribution in [0.3, 0.4) is 0 Å². The Kier molecular flexibility index (Phi) is 6.33. The minimum absolute atomic E-state index is 0.0111. The van der Waals surface area contributed by atoms with Crippen LogP contribution in [0.1, 0.15) is 5.69 Å². The molecule has 2 aliphatic heterocycles. The van der Waals surface area contributed by atoms with E-state index in [0.29, 0.717) is 28.9 Å². The fourth-order valence-electron chi connectivity index (χ4n) is 3.38. The van der Waals surface area contributed by atoms with Crippen molar-refractivity contribution in [1.29, 1.82) is 0 Å². The topological polar surface area (TPSA) is 115 Å². The van der Waals surface area contributed by atoms with Crippen molar-refractivity contribution in [1.82, 2.24) is 20.3 Å². The molecule has 0 saturated carbocycles. The van der Waals surface area contributed by atoms with Crippen LogP contribution in [0.4, 0.5) is 22.2 Å². The predicted octanol–water partition coefficient (Wildman–Crippen LogP) is 0.951. The fourth-order valence-corrected chi connectivity index (χ4v) is 4.04. The first-order valence-corrected chi connectivity index (χ1v) is 10.7. The zero-order valence-corrected chi connectivity index (χ0v) is 17.9. The molecule has 4 heterocycles. The average molecular weight is 442 g/mol. The maximum atomic E-state index is 11.9. The van der Waals surface area contributed by atoms with Gasteiger partial charge in [-0.3, -0.25) is 19.9 Å². The summed E-state index contributed by atoms with van der Waals surface area (Å²) in [5.41, 5.74) is 1.62. The van der Waals surface area contributed by atoms with Crippen molar-refractivity contribution in [2.24, 2.45) is 0 Å². The van der Waals surface area contributed by atoms with E-state index >= 15 is 0 Å². The second-order valence-electron chi connectivity index (χ2n) is 7.13. The third-order valence-corrected chi connectivity index (χ3v) is 5.85. The summed E-state index contributed by atoms with van der Waals surface area (Å²) < 4.78 is 0. The van der Waals surface area contributed by atoms with Gasteiger partial charge in [0.15, 0.2) is 0 Å². The SMILES string of the molecule is CN(CCO)c1cc(C=C2SC(=O)NC2=O)nc(N2CCN(c3cccnc3)CC2)n1. The van der Waals surface area contributed by atoms with Gasteiger partial charge in [-0.05, 0) is 30.0 Å². The van der Waals surface area contributed by atoms with E-state index < -0.39 is 11.1 Å². The van der Waals surface area contributed by atoms with E-state index in [0.717, 1.165) is 43.6 Å². The summed E-state index contributed by atoms with van der Waals surface area (Å²) in [6, 6.07) is 5.71. The lowest BCUT2D eigenvalue weighted by Gasteiger charge is -2.36. The number of hydrogen-bond acceptors (Lipinski definition) is 10. The maximum Gasteiger partial charge on any atom is 0.290 e. The minimum Gasteiger partial charge on any atom is -0.395 e. The summed E-state index contributed by atoms with van der Waals surface area (Å²) in [7, 11) is 1.83. The highest BCUT2D eigenvalue weighted by molar-refractivity contribution is 8.18. The molecule has 11 heteroatoms. The molecule has 2 N–H and O–H groups in total. The van der Waals surface area contributed by atoms with Gasteiger partial charge in [0.1, 0.15) is 5.82 Å². The molecule has 0 bridgehead atoms. The van der Waals surface area contributed by atoms with Gasteiger partial charge in [0.05, 0.1) is 29.1 Å². The molecule has 31 heavy (non-hydrogen) atoms. The summed E-state index contributed by atoms with van der Waals surface area (Å²) in [6.07, 6.45) is 5.21. The standard InChI is InChI=1S/C20H23N7O3S/c1-25(9-10-28)17-12-14(11-16-18(29)24-20(30)31-16)22-19(23-17)27-7-5-26(6-8-27)15-3-2-4-21-13-15/h2-4,11-13,28H,5-10H2,1H3,(H,24,29,30). The number of pyridine rings is 1. The van der Waals surface area contributed by atoms with E-state index in [4.69, 9.17) is 0 Å². The van der Waals surface area contributed by atoms with Crippen molar-refractivity contribution in [3.8, 4) is 0 Å². The summed E-state index contributed by atoms with van der Waals surface area (Å²) in [5, 5.41) is 11.2. The van der Waals surface area contributed by atoms with Crippen molar-refractivity contribution in [3.05, 3.63) is 41.2 Å². The number of hydrogen-bond donors (Lipinski definition) is 2. The average Bonchev–Trinajstić information content (AvgIpc) is 3.11. The Balaban J connectivity index is 1.58. The molecule has 0 unspecified atom stereocenters. The highest BCUT2D eigenvalue weighted by Gasteiger charge is 2.26. The smallest absolute Gasteiger partial charge is 0.290 e. The molecule has 2 aromatic rings. The number of rotatable bonds is 6. The second-order valence-corrected chi connectivity index (χ2v) is 8.15. The first kappa shape index (κ1) is 21.1. The number of likely N-dealkylation sites (N-methyl/N-ethyl adjacent to an activating group) is 1. The first-order valence-electron chi connectivity index (χ1n) is 9.89. The van der Waals surface area contributed by atoms with Crippen LogP contribution in [-0.2, 0) is 4.79 Å². The number of carbonyl (C=O) groups excluding carboxylic acids is 2. The van der Waals surface area contributed by atoms with Crippen LogP contribution < -0.4 is 20.0 Å². The molecular weight excluding hydrogens is 418 g/mol. The molecule has 2 aromatic heterocycles. The maximum absolute atomic E-state index is 11.9. The van der Waals surface area contributed by atoms with Gasteiger partial charge in [0, 0.05) is 52.0 Å². The lowest BCUT2D eigenvalue weighted by atomic mass is 10.2. The number of imide groups is 1. The summed E-state index contributed by atoms with van der Waals surface area (Å²) >= 11 is 0.854. The third kappa shape index (κ3) is 4.94. The number of nitrogens with zero attached hydrogens (tertiary/aromatic N) is 6. The van der Waals surface area contributed by atoms with E-state index in [2.05, 4.69) is 30.1 Å². The Hall–Kier alpha value is -3.18. The Bertz CT molecular complexity index is 994. The lowest BCUT2D eigenvalue weighted by Crippen LogP contribution is -2.47. The number of aromatic nitrogens is 3. The molecular formula is C20H23N7O3S. The normalized spacial score (nSPS) is 17.9. The van der Waals surface area contributed by atoms with Crippen molar-refractivity contribution < 1.29 is 14.7 Å². The summed E-state index contributed by atoms with van der Waals surface area (Å²) in [4.78, 5) is 43.4. The molecule has 4 rings (SSSR count). The zero-order valence-electron chi connectivity index (χ0n) is 17.1. The van der Waals surface area contributed by atoms with Gasteiger partial charge >= 0.3 is 0 Å². The molecule has 2 aliphatic rings. The van der Waals surface area contributed by atoms with E-state index in [9.17, 15) is 14.7 Å². The predicted molar refractivity (Wildman–Crippen MR) is 120 cm³/mol.